The number of ketones is 1. The topological polar surface area (TPSA) is 214 Å². The zero-order valence-electron chi connectivity index (χ0n) is 23.7. The summed E-state index contributed by atoms with van der Waals surface area (Å²) >= 11 is 0. The third kappa shape index (κ3) is 5.66. The summed E-state index contributed by atoms with van der Waals surface area (Å²) in [5.74, 6) is 0.0285. The van der Waals surface area contributed by atoms with Crippen molar-refractivity contribution in [2.75, 3.05) is 26.9 Å². The first-order chi connectivity index (χ1) is 20.4. The normalized spacial score (nSPS) is 34.0. The molecule has 236 valence electrons. The van der Waals surface area contributed by atoms with Crippen LogP contribution in [0.5, 0.6) is 23.0 Å². The number of Topliss-reactive ketones (excluding diaryl/α,β-unsaturated/α-hetero) is 1. The molecule has 2 aromatic rings. The Kier molecular flexibility index (Phi) is 8.87. The van der Waals surface area contributed by atoms with Crippen LogP contribution in [0.15, 0.2) is 24.3 Å². The Morgan fingerprint density at radius 1 is 1.00 bits per heavy atom. The molecule has 0 bridgehead atoms. The van der Waals surface area contributed by atoms with Crippen LogP contribution in [0, 0.1) is 13.8 Å². The molecule has 9 atom stereocenters. The lowest BCUT2D eigenvalue weighted by Gasteiger charge is -2.41. The van der Waals surface area contributed by atoms with E-state index in [2.05, 4.69) is 0 Å². The Morgan fingerprint density at radius 2 is 1.70 bits per heavy atom. The maximum Gasteiger partial charge on any atom is 0.229 e. The van der Waals surface area contributed by atoms with Crippen molar-refractivity contribution in [1.82, 2.24) is 0 Å². The Hall–Kier alpha value is -3.05. The van der Waals surface area contributed by atoms with Crippen molar-refractivity contribution in [3.63, 3.8) is 0 Å². The van der Waals surface area contributed by atoms with Crippen LogP contribution in [0.2, 0.25) is 0 Å². The standard InChI is InChI=1S/C29H36O14/c1-12-20(32)19-16(31)8-17(14-4-6-15(38-3)7-5-14)41-25(19)13(2)24(12)43-27-23(35)22(34)21(33)18(42-27)9-39-28-26(36)29(37,10-30)11-40-28/h4-7,17-18,21-23,26-28,30,32-37H,8-11H2,1-3H3/t17?,18-,21-,22+,23-,26+,27+,28-,29-/m1/s1. The molecule has 5 rings (SSSR count). The number of carbonyl (C=O) groups excluding carboxylic acids is 1. The van der Waals surface area contributed by atoms with Crippen molar-refractivity contribution in [3.8, 4) is 23.0 Å². The molecule has 3 aliphatic rings. The first-order valence-corrected chi connectivity index (χ1v) is 13.7. The number of benzene rings is 2. The fourth-order valence-corrected chi connectivity index (χ4v) is 5.41. The predicted octanol–water partition coefficient (Wildman–Crippen LogP) is -0.632. The van der Waals surface area contributed by atoms with Crippen LogP contribution in [0.3, 0.4) is 0 Å². The van der Waals surface area contributed by atoms with Gasteiger partial charge in [-0.3, -0.25) is 4.79 Å². The summed E-state index contributed by atoms with van der Waals surface area (Å²) < 4.78 is 33.7. The first-order valence-electron chi connectivity index (χ1n) is 13.7. The van der Waals surface area contributed by atoms with E-state index in [1.807, 2.05) is 0 Å². The van der Waals surface area contributed by atoms with Crippen molar-refractivity contribution in [2.24, 2.45) is 0 Å². The van der Waals surface area contributed by atoms with Crippen LogP contribution >= 0.6 is 0 Å². The van der Waals surface area contributed by atoms with Gasteiger partial charge in [0.1, 0.15) is 70.8 Å². The zero-order chi connectivity index (χ0) is 31.2. The minimum absolute atomic E-state index is 0.00286. The lowest BCUT2D eigenvalue weighted by molar-refractivity contribution is -0.289. The first kappa shape index (κ1) is 31.4. The largest absolute Gasteiger partial charge is 0.507 e. The summed E-state index contributed by atoms with van der Waals surface area (Å²) in [6.45, 7) is 1.46. The van der Waals surface area contributed by atoms with E-state index in [9.17, 15) is 40.5 Å². The van der Waals surface area contributed by atoms with E-state index >= 15 is 0 Å². The Balaban J connectivity index is 1.37. The number of fused-ring (bicyclic) bond motifs is 1. The molecule has 3 aliphatic heterocycles. The molecule has 2 aromatic carbocycles. The number of aromatic hydroxyl groups is 1. The number of aliphatic hydroxyl groups excluding tert-OH is 5. The van der Waals surface area contributed by atoms with Crippen molar-refractivity contribution in [2.45, 2.75) is 75.1 Å². The summed E-state index contributed by atoms with van der Waals surface area (Å²) in [5.41, 5.74) is -0.742. The SMILES string of the molecule is COc1ccc(C2CC(=O)c3c(O)c(C)c(O[C@@H]4O[C@H](CO[C@@H]5OC[C@](O)(CO)[C@H]5O)[C@@H](O)[C@H](O)[C@H]4O)c(C)c3O2)cc1. The molecule has 0 aromatic heterocycles. The van der Waals surface area contributed by atoms with Gasteiger partial charge >= 0.3 is 0 Å². The summed E-state index contributed by atoms with van der Waals surface area (Å²) in [7, 11) is 1.54. The molecular formula is C29H36O14. The van der Waals surface area contributed by atoms with Crippen molar-refractivity contribution >= 4 is 5.78 Å². The van der Waals surface area contributed by atoms with Crippen molar-refractivity contribution in [1.29, 1.82) is 0 Å². The number of rotatable bonds is 8. The zero-order valence-corrected chi connectivity index (χ0v) is 23.7. The van der Waals surface area contributed by atoms with Crippen LogP contribution in [0.1, 0.15) is 39.6 Å². The number of phenols is 1. The lowest BCUT2D eigenvalue weighted by atomic mass is 9.91. The van der Waals surface area contributed by atoms with Crippen molar-refractivity contribution in [3.05, 3.63) is 46.5 Å². The van der Waals surface area contributed by atoms with E-state index < -0.39 is 74.6 Å². The predicted molar refractivity (Wildman–Crippen MR) is 144 cm³/mol. The van der Waals surface area contributed by atoms with Crippen LogP contribution in [0.25, 0.3) is 0 Å². The van der Waals surface area contributed by atoms with E-state index in [1.54, 1.807) is 31.2 Å². The lowest BCUT2D eigenvalue weighted by Crippen LogP contribution is -2.60. The van der Waals surface area contributed by atoms with Crippen molar-refractivity contribution < 1.29 is 69.0 Å². The quantitative estimate of drug-likeness (QED) is 0.199. The van der Waals surface area contributed by atoms with Crippen LogP contribution in [-0.2, 0) is 14.2 Å². The van der Waals surface area contributed by atoms with Gasteiger partial charge in [0.2, 0.25) is 6.29 Å². The Labute approximate surface area is 246 Å². The maximum absolute atomic E-state index is 13.2. The van der Waals surface area contributed by atoms with Crippen LogP contribution in [0.4, 0.5) is 0 Å². The number of aliphatic hydroxyl groups is 6. The highest BCUT2D eigenvalue weighted by Gasteiger charge is 2.50. The summed E-state index contributed by atoms with van der Waals surface area (Å²) in [4.78, 5) is 13.2. The van der Waals surface area contributed by atoms with E-state index in [1.165, 1.54) is 14.0 Å². The van der Waals surface area contributed by atoms with Gasteiger partial charge in [0.15, 0.2) is 12.1 Å². The number of hydrogen-bond acceptors (Lipinski definition) is 14. The second-order valence-corrected chi connectivity index (χ2v) is 11.0. The van der Waals surface area contributed by atoms with Gasteiger partial charge < -0.3 is 64.2 Å². The fraction of sp³-hybridized carbons (Fsp3) is 0.552. The molecule has 0 aliphatic carbocycles. The van der Waals surface area contributed by atoms with Gasteiger partial charge in [-0.25, -0.2) is 0 Å². The molecule has 2 saturated heterocycles. The van der Waals surface area contributed by atoms with E-state index in [0.717, 1.165) is 0 Å². The third-order valence-electron chi connectivity index (χ3n) is 8.15. The Bertz CT molecular complexity index is 1330. The molecule has 3 heterocycles. The fourth-order valence-electron chi connectivity index (χ4n) is 5.41. The summed E-state index contributed by atoms with van der Waals surface area (Å²) in [5, 5.41) is 72.4. The van der Waals surface area contributed by atoms with Gasteiger partial charge in [0, 0.05) is 11.1 Å². The van der Waals surface area contributed by atoms with Crippen LogP contribution in [-0.4, -0.2) is 117 Å². The summed E-state index contributed by atoms with van der Waals surface area (Å²) in [6.07, 6.45) is -11.7. The smallest absolute Gasteiger partial charge is 0.229 e. The summed E-state index contributed by atoms with van der Waals surface area (Å²) in [6, 6.07) is 7.01. The van der Waals surface area contributed by atoms with E-state index in [0.29, 0.717) is 16.9 Å². The molecule has 1 unspecified atom stereocenters. The van der Waals surface area contributed by atoms with Gasteiger partial charge in [-0.15, -0.1) is 0 Å². The molecular weight excluding hydrogens is 572 g/mol. The highest BCUT2D eigenvalue weighted by molar-refractivity contribution is 6.03. The van der Waals surface area contributed by atoms with Gasteiger partial charge in [-0.1, -0.05) is 12.1 Å². The highest BCUT2D eigenvalue weighted by atomic mass is 16.7. The molecule has 14 heteroatoms. The average molecular weight is 609 g/mol. The molecule has 0 amide bonds. The molecule has 0 radical (unpaired) electrons. The minimum atomic E-state index is -1.93. The number of carbonyl (C=O) groups is 1. The highest BCUT2D eigenvalue weighted by Crippen LogP contribution is 2.48. The molecule has 7 N–H and O–H groups in total. The average Bonchev–Trinajstić information content (AvgIpc) is 3.30. The minimum Gasteiger partial charge on any atom is -0.507 e. The monoisotopic (exact) mass is 608 g/mol. The molecule has 14 nitrogen and oxygen atoms in total. The maximum atomic E-state index is 13.2. The van der Waals surface area contributed by atoms with Gasteiger partial charge in [0.05, 0.1) is 33.4 Å². The number of ether oxygens (including phenoxy) is 6. The number of phenolic OH excluding ortho intramolecular Hbond substituents is 1. The molecule has 2 fully saturated rings. The van der Waals surface area contributed by atoms with Gasteiger partial charge in [0.25, 0.3) is 0 Å². The Morgan fingerprint density at radius 3 is 2.33 bits per heavy atom. The third-order valence-corrected chi connectivity index (χ3v) is 8.15. The van der Waals surface area contributed by atoms with E-state index in [4.69, 9.17) is 28.4 Å². The second kappa shape index (κ2) is 12.1. The number of methoxy groups -OCH3 is 1. The van der Waals surface area contributed by atoms with Gasteiger partial charge in [-0.2, -0.15) is 0 Å². The second-order valence-electron chi connectivity index (χ2n) is 11.0. The van der Waals surface area contributed by atoms with Crippen LogP contribution < -0.4 is 14.2 Å². The molecule has 0 spiro atoms. The van der Waals surface area contributed by atoms with E-state index in [-0.39, 0.29) is 40.6 Å². The van der Waals surface area contributed by atoms with Gasteiger partial charge in [-0.05, 0) is 31.5 Å². The molecule has 0 saturated carbocycles. The number of hydrogen-bond donors (Lipinski definition) is 7. The molecule has 43 heavy (non-hydrogen) atoms.